The lowest BCUT2D eigenvalue weighted by Crippen LogP contribution is -1.99. The molecule has 1 aromatic heterocycles. The SMILES string of the molecule is NC/C=C/c1ccc2[nH]c3c(c2c1)CCCC3. The Morgan fingerprint density at radius 2 is 2.12 bits per heavy atom. The number of hydrogen-bond acceptors (Lipinski definition) is 1. The van der Waals surface area contributed by atoms with Crippen LogP contribution >= 0.6 is 0 Å². The van der Waals surface area contributed by atoms with Crippen LogP contribution in [0.2, 0.25) is 0 Å². The van der Waals surface area contributed by atoms with Gasteiger partial charge in [0.15, 0.2) is 0 Å². The molecule has 1 aliphatic carbocycles. The molecule has 0 fully saturated rings. The number of aromatic nitrogens is 1. The van der Waals surface area contributed by atoms with Gasteiger partial charge in [-0.2, -0.15) is 0 Å². The number of H-pyrrole nitrogens is 1. The zero-order valence-electron chi connectivity index (χ0n) is 10.00. The summed E-state index contributed by atoms with van der Waals surface area (Å²) in [6.45, 7) is 0.600. The molecule has 17 heavy (non-hydrogen) atoms. The van der Waals surface area contributed by atoms with E-state index in [9.17, 15) is 0 Å². The second-order valence-corrected chi connectivity index (χ2v) is 4.73. The normalized spacial score (nSPS) is 15.6. The summed E-state index contributed by atoms with van der Waals surface area (Å²) in [4.78, 5) is 3.55. The van der Waals surface area contributed by atoms with Crippen LogP contribution in [0.15, 0.2) is 24.3 Å². The zero-order chi connectivity index (χ0) is 11.7. The molecule has 0 spiro atoms. The highest BCUT2D eigenvalue weighted by molar-refractivity contribution is 5.87. The van der Waals surface area contributed by atoms with Gasteiger partial charge in [-0.15, -0.1) is 0 Å². The monoisotopic (exact) mass is 226 g/mol. The third-order valence-corrected chi connectivity index (χ3v) is 3.57. The van der Waals surface area contributed by atoms with Crippen LogP contribution in [0.5, 0.6) is 0 Å². The van der Waals surface area contributed by atoms with E-state index >= 15 is 0 Å². The Balaban J connectivity index is 2.11. The highest BCUT2D eigenvalue weighted by atomic mass is 14.7. The van der Waals surface area contributed by atoms with Crippen molar-refractivity contribution in [3.05, 3.63) is 41.1 Å². The van der Waals surface area contributed by atoms with E-state index in [1.165, 1.54) is 53.4 Å². The minimum Gasteiger partial charge on any atom is -0.358 e. The summed E-state index contributed by atoms with van der Waals surface area (Å²) in [6, 6.07) is 6.61. The minimum absolute atomic E-state index is 0.600. The predicted octanol–water partition coefficient (Wildman–Crippen LogP) is 3.02. The second-order valence-electron chi connectivity index (χ2n) is 4.73. The van der Waals surface area contributed by atoms with Crippen molar-refractivity contribution >= 4 is 17.0 Å². The summed E-state index contributed by atoms with van der Waals surface area (Å²) in [5.74, 6) is 0. The second kappa shape index (κ2) is 4.38. The average Bonchev–Trinajstić information content (AvgIpc) is 2.74. The first-order chi connectivity index (χ1) is 8.38. The van der Waals surface area contributed by atoms with Gasteiger partial charge in [0.25, 0.3) is 0 Å². The van der Waals surface area contributed by atoms with E-state index in [-0.39, 0.29) is 0 Å². The fraction of sp³-hybridized carbons (Fsp3) is 0.333. The van der Waals surface area contributed by atoms with Gasteiger partial charge in [0.1, 0.15) is 0 Å². The number of benzene rings is 1. The molecule has 3 rings (SSSR count). The summed E-state index contributed by atoms with van der Waals surface area (Å²) in [7, 11) is 0. The van der Waals surface area contributed by atoms with Crippen molar-refractivity contribution in [2.45, 2.75) is 25.7 Å². The molecule has 0 saturated carbocycles. The quantitative estimate of drug-likeness (QED) is 0.812. The fourth-order valence-electron chi connectivity index (χ4n) is 2.73. The molecule has 2 nitrogen and oxygen atoms in total. The van der Waals surface area contributed by atoms with E-state index in [4.69, 9.17) is 5.73 Å². The molecule has 3 N–H and O–H groups in total. The van der Waals surface area contributed by atoms with Gasteiger partial charge in [0.2, 0.25) is 0 Å². The molecule has 0 bridgehead atoms. The lowest BCUT2D eigenvalue weighted by molar-refractivity contribution is 0.680. The molecule has 88 valence electrons. The topological polar surface area (TPSA) is 41.8 Å². The van der Waals surface area contributed by atoms with Crippen LogP contribution < -0.4 is 5.73 Å². The average molecular weight is 226 g/mol. The Labute approximate surface area is 102 Å². The molecule has 0 atom stereocenters. The number of rotatable bonds is 2. The molecule has 0 saturated heterocycles. The Kier molecular flexibility index (Phi) is 2.73. The van der Waals surface area contributed by atoms with Gasteiger partial charge in [-0.05, 0) is 48.9 Å². The third-order valence-electron chi connectivity index (χ3n) is 3.57. The van der Waals surface area contributed by atoms with E-state index < -0.39 is 0 Å². The molecular weight excluding hydrogens is 208 g/mol. The zero-order valence-corrected chi connectivity index (χ0v) is 10.00. The van der Waals surface area contributed by atoms with Crippen molar-refractivity contribution in [1.82, 2.24) is 4.98 Å². The van der Waals surface area contributed by atoms with Crippen molar-refractivity contribution in [3.8, 4) is 0 Å². The van der Waals surface area contributed by atoms with E-state index in [0.29, 0.717) is 6.54 Å². The highest BCUT2D eigenvalue weighted by Crippen LogP contribution is 2.29. The van der Waals surface area contributed by atoms with Crippen LogP contribution in [0.25, 0.3) is 17.0 Å². The van der Waals surface area contributed by atoms with Crippen molar-refractivity contribution in [2.24, 2.45) is 5.73 Å². The predicted molar refractivity (Wildman–Crippen MR) is 73.0 cm³/mol. The Morgan fingerprint density at radius 1 is 1.24 bits per heavy atom. The molecule has 0 unspecified atom stereocenters. The molecule has 1 aliphatic rings. The molecule has 0 amide bonds. The summed E-state index contributed by atoms with van der Waals surface area (Å²) in [5, 5.41) is 1.40. The first-order valence-corrected chi connectivity index (χ1v) is 6.38. The maximum absolute atomic E-state index is 5.49. The van der Waals surface area contributed by atoms with Crippen LogP contribution in [0, 0.1) is 0 Å². The number of aryl methyl sites for hydroxylation is 2. The lowest BCUT2D eigenvalue weighted by atomic mass is 9.95. The Morgan fingerprint density at radius 3 is 3.00 bits per heavy atom. The summed E-state index contributed by atoms with van der Waals surface area (Å²) < 4.78 is 0. The van der Waals surface area contributed by atoms with Crippen LogP contribution in [-0.4, -0.2) is 11.5 Å². The third kappa shape index (κ3) is 1.89. The number of aromatic amines is 1. The van der Waals surface area contributed by atoms with Gasteiger partial charge in [0, 0.05) is 23.1 Å². The maximum atomic E-state index is 5.49. The van der Waals surface area contributed by atoms with Gasteiger partial charge in [-0.1, -0.05) is 18.2 Å². The van der Waals surface area contributed by atoms with E-state index in [1.807, 2.05) is 6.08 Å². The molecule has 0 aliphatic heterocycles. The first kappa shape index (κ1) is 10.6. The molecule has 0 radical (unpaired) electrons. The minimum atomic E-state index is 0.600. The standard InChI is InChI=1S/C15H18N2/c16-9-3-4-11-7-8-15-13(10-11)12-5-1-2-6-14(12)17-15/h3-4,7-8,10,17H,1-2,5-6,9,16H2/b4-3+. The number of nitrogens with one attached hydrogen (secondary N) is 1. The molecule has 1 aromatic carbocycles. The summed E-state index contributed by atoms with van der Waals surface area (Å²) in [5.41, 5.74) is 11.0. The largest absolute Gasteiger partial charge is 0.358 e. The summed E-state index contributed by atoms with van der Waals surface area (Å²) in [6.07, 6.45) is 9.17. The molecule has 2 heteroatoms. The maximum Gasteiger partial charge on any atom is 0.0459 e. The number of fused-ring (bicyclic) bond motifs is 3. The van der Waals surface area contributed by atoms with Crippen LogP contribution in [0.3, 0.4) is 0 Å². The smallest absolute Gasteiger partial charge is 0.0459 e. The summed E-state index contributed by atoms with van der Waals surface area (Å²) >= 11 is 0. The van der Waals surface area contributed by atoms with Crippen LogP contribution in [0.1, 0.15) is 29.7 Å². The number of hydrogen-bond donors (Lipinski definition) is 2. The van der Waals surface area contributed by atoms with Crippen molar-refractivity contribution in [3.63, 3.8) is 0 Å². The van der Waals surface area contributed by atoms with E-state index in [0.717, 1.165) is 0 Å². The fourth-order valence-corrected chi connectivity index (χ4v) is 2.73. The van der Waals surface area contributed by atoms with Gasteiger partial charge in [0.05, 0.1) is 0 Å². The van der Waals surface area contributed by atoms with E-state index in [2.05, 4.69) is 29.3 Å². The van der Waals surface area contributed by atoms with Gasteiger partial charge < -0.3 is 10.7 Å². The van der Waals surface area contributed by atoms with Gasteiger partial charge in [-0.25, -0.2) is 0 Å². The Hall–Kier alpha value is -1.54. The first-order valence-electron chi connectivity index (χ1n) is 6.38. The molecule has 2 aromatic rings. The molecule has 1 heterocycles. The lowest BCUT2D eigenvalue weighted by Gasteiger charge is -2.10. The highest BCUT2D eigenvalue weighted by Gasteiger charge is 2.14. The van der Waals surface area contributed by atoms with Crippen LogP contribution in [0.4, 0.5) is 0 Å². The van der Waals surface area contributed by atoms with Crippen molar-refractivity contribution in [1.29, 1.82) is 0 Å². The number of nitrogens with two attached hydrogens (primary N) is 1. The van der Waals surface area contributed by atoms with Crippen molar-refractivity contribution < 1.29 is 0 Å². The van der Waals surface area contributed by atoms with Gasteiger partial charge in [-0.3, -0.25) is 0 Å². The van der Waals surface area contributed by atoms with Crippen molar-refractivity contribution in [2.75, 3.05) is 6.54 Å². The van der Waals surface area contributed by atoms with E-state index in [1.54, 1.807) is 0 Å². The Bertz CT molecular complexity index is 564. The van der Waals surface area contributed by atoms with Crippen LogP contribution in [-0.2, 0) is 12.8 Å². The molecular formula is C15H18N2. The van der Waals surface area contributed by atoms with Gasteiger partial charge >= 0.3 is 0 Å².